The minimum absolute atomic E-state index is 1.13. The average Bonchev–Trinajstić information content (AvgIpc) is 2.29. The van der Waals surface area contributed by atoms with Gasteiger partial charge in [-0.05, 0) is 12.8 Å². The van der Waals surface area contributed by atoms with E-state index in [0.29, 0.717) is 0 Å². The summed E-state index contributed by atoms with van der Waals surface area (Å²) in [7, 11) is 0. The fourth-order valence-electron chi connectivity index (χ4n) is 1.68. The number of rotatable bonds is 3. The van der Waals surface area contributed by atoms with Crippen LogP contribution in [0.5, 0.6) is 0 Å². The van der Waals surface area contributed by atoms with Gasteiger partial charge in [-0.2, -0.15) is 23.6 Å². The summed E-state index contributed by atoms with van der Waals surface area (Å²) in [4.78, 5) is 0. The molecule has 0 heteroatoms. The SMILES string of the molecule is C[CH-]C1=C(C)C=CCC(CCC)=C1. The molecule has 0 bridgehead atoms. The van der Waals surface area contributed by atoms with Crippen molar-refractivity contribution < 1.29 is 0 Å². The Labute approximate surface area is 82.0 Å². The predicted octanol–water partition coefficient (Wildman–Crippen LogP) is 4.21. The molecule has 0 unspecified atom stereocenters. The maximum atomic E-state index is 2.35. The van der Waals surface area contributed by atoms with Crippen LogP contribution in [0.4, 0.5) is 0 Å². The lowest BCUT2D eigenvalue weighted by atomic mass is 10.0. The van der Waals surface area contributed by atoms with Crippen molar-refractivity contribution in [2.75, 3.05) is 0 Å². The van der Waals surface area contributed by atoms with Crippen molar-refractivity contribution in [3.63, 3.8) is 0 Å². The first-order valence-electron chi connectivity index (χ1n) is 5.14. The minimum atomic E-state index is 1.13. The Balaban J connectivity index is 2.85. The second-order valence-electron chi connectivity index (χ2n) is 3.59. The van der Waals surface area contributed by atoms with Gasteiger partial charge in [0.05, 0.1) is 0 Å². The second-order valence-corrected chi connectivity index (χ2v) is 3.59. The summed E-state index contributed by atoms with van der Waals surface area (Å²) in [5.41, 5.74) is 4.33. The van der Waals surface area contributed by atoms with Crippen LogP contribution >= 0.6 is 0 Å². The molecule has 0 aliphatic heterocycles. The van der Waals surface area contributed by atoms with Crippen LogP contribution in [0.2, 0.25) is 0 Å². The van der Waals surface area contributed by atoms with Gasteiger partial charge < -0.3 is 0 Å². The van der Waals surface area contributed by atoms with E-state index in [0.717, 1.165) is 6.42 Å². The highest BCUT2D eigenvalue weighted by Crippen LogP contribution is 2.21. The Morgan fingerprint density at radius 1 is 1.46 bits per heavy atom. The van der Waals surface area contributed by atoms with Gasteiger partial charge in [-0.25, -0.2) is 0 Å². The van der Waals surface area contributed by atoms with Crippen molar-refractivity contribution in [2.24, 2.45) is 0 Å². The lowest BCUT2D eigenvalue weighted by Gasteiger charge is -2.12. The van der Waals surface area contributed by atoms with Crippen molar-refractivity contribution in [3.05, 3.63) is 41.4 Å². The molecule has 0 saturated heterocycles. The summed E-state index contributed by atoms with van der Waals surface area (Å²) >= 11 is 0. The van der Waals surface area contributed by atoms with Gasteiger partial charge in [0, 0.05) is 0 Å². The van der Waals surface area contributed by atoms with E-state index in [1.807, 2.05) is 0 Å². The Morgan fingerprint density at radius 3 is 2.85 bits per heavy atom. The van der Waals surface area contributed by atoms with Crippen LogP contribution in [0, 0.1) is 6.42 Å². The van der Waals surface area contributed by atoms with E-state index < -0.39 is 0 Å². The molecule has 0 N–H and O–H groups in total. The van der Waals surface area contributed by atoms with Crippen molar-refractivity contribution in [1.82, 2.24) is 0 Å². The van der Waals surface area contributed by atoms with Gasteiger partial charge in [-0.1, -0.05) is 33.3 Å². The molecule has 0 heterocycles. The van der Waals surface area contributed by atoms with Gasteiger partial charge in [-0.3, -0.25) is 0 Å². The van der Waals surface area contributed by atoms with Crippen LogP contribution in [-0.4, -0.2) is 0 Å². The quantitative estimate of drug-likeness (QED) is 0.563. The van der Waals surface area contributed by atoms with E-state index in [4.69, 9.17) is 0 Å². The molecule has 1 aliphatic carbocycles. The van der Waals surface area contributed by atoms with Gasteiger partial charge in [0.2, 0.25) is 0 Å². The largest absolute Gasteiger partial charge is 0.189 e. The molecule has 0 aromatic rings. The normalized spacial score (nSPS) is 17.0. The zero-order chi connectivity index (χ0) is 9.68. The Kier molecular flexibility index (Phi) is 3.88. The zero-order valence-electron chi connectivity index (χ0n) is 8.93. The molecule has 0 amide bonds. The minimum Gasteiger partial charge on any atom is -0.189 e. The van der Waals surface area contributed by atoms with Gasteiger partial charge in [0.25, 0.3) is 0 Å². The molecule has 0 nitrogen and oxygen atoms in total. The average molecular weight is 175 g/mol. The smallest absolute Gasteiger partial charge is 0.0256 e. The summed E-state index contributed by atoms with van der Waals surface area (Å²) in [5.74, 6) is 0. The molecular formula is C13H19-. The van der Waals surface area contributed by atoms with Gasteiger partial charge in [0.1, 0.15) is 0 Å². The number of hydrogen-bond acceptors (Lipinski definition) is 0. The van der Waals surface area contributed by atoms with Crippen LogP contribution in [0.1, 0.15) is 40.0 Å². The van der Waals surface area contributed by atoms with E-state index in [2.05, 4.69) is 45.4 Å². The van der Waals surface area contributed by atoms with Crippen molar-refractivity contribution in [3.8, 4) is 0 Å². The van der Waals surface area contributed by atoms with E-state index >= 15 is 0 Å². The summed E-state index contributed by atoms with van der Waals surface area (Å²) in [5, 5.41) is 0. The number of allylic oxidation sites excluding steroid dienone is 6. The summed E-state index contributed by atoms with van der Waals surface area (Å²) in [6.45, 7) is 6.52. The lowest BCUT2D eigenvalue weighted by Crippen LogP contribution is -1.84. The third-order valence-corrected chi connectivity index (χ3v) is 2.44. The van der Waals surface area contributed by atoms with E-state index in [9.17, 15) is 0 Å². The molecule has 72 valence electrons. The fraction of sp³-hybridized carbons (Fsp3) is 0.462. The first kappa shape index (κ1) is 10.2. The third kappa shape index (κ3) is 2.80. The molecule has 1 rings (SSSR count). The van der Waals surface area contributed by atoms with E-state index in [1.165, 1.54) is 24.0 Å². The van der Waals surface area contributed by atoms with Crippen LogP contribution in [-0.2, 0) is 0 Å². The van der Waals surface area contributed by atoms with Gasteiger partial charge in [0.15, 0.2) is 0 Å². The highest BCUT2D eigenvalue weighted by atomic mass is 14.1. The molecule has 0 spiro atoms. The van der Waals surface area contributed by atoms with Crippen LogP contribution < -0.4 is 0 Å². The van der Waals surface area contributed by atoms with Crippen LogP contribution in [0.15, 0.2) is 34.9 Å². The second kappa shape index (κ2) is 4.96. The standard InChI is InChI=1S/C13H19/c1-4-7-12-9-6-8-11(3)13(5-2)10-12/h5-6,8,10H,4,7,9H2,1-3H3/q-1. The van der Waals surface area contributed by atoms with Gasteiger partial charge in [-0.15, -0.1) is 11.6 Å². The highest BCUT2D eigenvalue weighted by molar-refractivity contribution is 5.41. The fourth-order valence-corrected chi connectivity index (χ4v) is 1.68. The topological polar surface area (TPSA) is 0 Å². The molecule has 0 saturated carbocycles. The van der Waals surface area contributed by atoms with E-state index in [1.54, 1.807) is 5.57 Å². The molecule has 0 atom stereocenters. The summed E-state index contributed by atoms with van der Waals surface area (Å²) in [6, 6.07) is 0. The van der Waals surface area contributed by atoms with Crippen molar-refractivity contribution in [2.45, 2.75) is 40.0 Å². The van der Waals surface area contributed by atoms with E-state index in [-0.39, 0.29) is 0 Å². The Morgan fingerprint density at radius 2 is 2.23 bits per heavy atom. The molecule has 0 aromatic heterocycles. The first-order chi connectivity index (χ1) is 6.27. The highest BCUT2D eigenvalue weighted by Gasteiger charge is 1.95. The maximum absolute atomic E-state index is 2.35. The Bertz CT molecular complexity index is 251. The Hall–Kier alpha value is -0.910. The predicted molar refractivity (Wildman–Crippen MR) is 59.4 cm³/mol. The first-order valence-corrected chi connectivity index (χ1v) is 5.14. The van der Waals surface area contributed by atoms with Gasteiger partial charge >= 0.3 is 0 Å². The van der Waals surface area contributed by atoms with Crippen molar-refractivity contribution >= 4 is 0 Å². The molecule has 0 aromatic carbocycles. The summed E-state index contributed by atoms with van der Waals surface area (Å²) in [6.07, 6.45) is 12.6. The monoisotopic (exact) mass is 175 g/mol. The van der Waals surface area contributed by atoms with Crippen molar-refractivity contribution in [1.29, 1.82) is 0 Å². The van der Waals surface area contributed by atoms with Crippen LogP contribution in [0.3, 0.4) is 0 Å². The lowest BCUT2D eigenvalue weighted by molar-refractivity contribution is 0.879. The molecule has 1 aliphatic rings. The molecule has 13 heavy (non-hydrogen) atoms. The molecule has 0 radical (unpaired) electrons. The molecular weight excluding hydrogens is 156 g/mol. The number of hydrogen-bond donors (Lipinski definition) is 0. The van der Waals surface area contributed by atoms with Crippen LogP contribution in [0.25, 0.3) is 0 Å². The third-order valence-electron chi connectivity index (χ3n) is 2.44. The maximum Gasteiger partial charge on any atom is -0.0256 e. The summed E-state index contributed by atoms with van der Waals surface area (Å²) < 4.78 is 0. The molecule has 0 fully saturated rings. The zero-order valence-corrected chi connectivity index (χ0v) is 8.93.